The molecule has 0 aromatic heterocycles. The predicted octanol–water partition coefficient (Wildman–Crippen LogP) is 2.78. The standard InChI is InChI=1S/C14H23NO3/c1-6-7-12(16)11-8-9-15(10(11)2)13(17)18-14(3,4)5/h6-7,10-11H,8-9H2,1-5H3/b7-6+. The van der Waals surface area contributed by atoms with Crippen LogP contribution in [0.1, 0.15) is 41.0 Å². The molecule has 0 saturated carbocycles. The van der Waals surface area contributed by atoms with Crippen molar-refractivity contribution in [1.82, 2.24) is 4.90 Å². The monoisotopic (exact) mass is 253 g/mol. The molecule has 0 radical (unpaired) electrons. The topological polar surface area (TPSA) is 46.6 Å². The van der Waals surface area contributed by atoms with Crippen LogP contribution in [0.5, 0.6) is 0 Å². The van der Waals surface area contributed by atoms with Crippen molar-refractivity contribution in [1.29, 1.82) is 0 Å². The number of hydrogen-bond acceptors (Lipinski definition) is 3. The zero-order valence-electron chi connectivity index (χ0n) is 11.9. The maximum atomic E-state index is 12.0. The van der Waals surface area contributed by atoms with E-state index in [1.807, 2.05) is 34.6 Å². The summed E-state index contributed by atoms with van der Waals surface area (Å²) in [6.07, 6.45) is 3.71. The van der Waals surface area contributed by atoms with Crippen molar-refractivity contribution in [2.75, 3.05) is 6.54 Å². The molecule has 0 aliphatic carbocycles. The zero-order chi connectivity index (χ0) is 13.9. The van der Waals surface area contributed by atoms with Gasteiger partial charge in [0, 0.05) is 18.5 Å². The van der Waals surface area contributed by atoms with Crippen molar-refractivity contribution in [3.05, 3.63) is 12.2 Å². The van der Waals surface area contributed by atoms with Crippen LogP contribution in [-0.2, 0) is 9.53 Å². The number of likely N-dealkylation sites (tertiary alicyclic amines) is 1. The van der Waals surface area contributed by atoms with Crippen LogP contribution in [0.4, 0.5) is 4.79 Å². The van der Waals surface area contributed by atoms with E-state index in [-0.39, 0.29) is 23.8 Å². The minimum Gasteiger partial charge on any atom is -0.444 e. The smallest absolute Gasteiger partial charge is 0.410 e. The molecule has 1 heterocycles. The summed E-state index contributed by atoms with van der Waals surface area (Å²) in [6, 6.07) is -0.0939. The third kappa shape index (κ3) is 3.59. The van der Waals surface area contributed by atoms with Crippen molar-refractivity contribution >= 4 is 11.9 Å². The Labute approximate surface area is 109 Å². The highest BCUT2D eigenvalue weighted by atomic mass is 16.6. The first-order valence-corrected chi connectivity index (χ1v) is 6.42. The van der Waals surface area contributed by atoms with Gasteiger partial charge in [0.25, 0.3) is 0 Å². The lowest BCUT2D eigenvalue weighted by atomic mass is 9.96. The lowest BCUT2D eigenvalue weighted by molar-refractivity contribution is -0.118. The van der Waals surface area contributed by atoms with Crippen LogP contribution in [-0.4, -0.2) is 35.0 Å². The molecular weight excluding hydrogens is 230 g/mol. The van der Waals surface area contributed by atoms with Crippen LogP contribution in [0.3, 0.4) is 0 Å². The number of ketones is 1. The highest BCUT2D eigenvalue weighted by Crippen LogP contribution is 2.27. The van der Waals surface area contributed by atoms with Crippen LogP contribution in [0.25, 0.3) is 0 Å². The molecule has 2 unspecified atom stereocenters. The average molecular weight is 253 g/mol. The van der Waals surface area contributed by atoms with Crippen molar-refractivity contribution in [3.8, 4) is 0 Å². The summed E-state index contributed by atoms with van der Waals surface area (Å²) in [5.74, 6) is -0.00947. The van der Waals surface area contributed by atoms with E-state index in [1.165, 1.54) is 0 Å². The second kappa shape index (κ2) is 5.55. The van der Waals surface area contributed by atoms with E-state index in [9.17, 15) is 9.59 Å². The average Bonchev–Trinajstić information content (AvgIpc) is 2.57. The Morgan fingerprint density at radius 3 is 2.44 bits per heavy atom. The summed E-state index contributed by atoms with van der Waals surface area (Å²) >= 11 is 0. The van der Waals surface area contributed by atoms with Crippen LogP contribution >= 0.6 is 0 Å². The Morgan fingerprint density at radius 1 is 1.33 bits per heavy atom. The van der Waals surface area contributed by atoms with E-state index in [4.69, 9.17) is 4.74 Å². The molecule has 1 amide bonds. The summed E-state index contributed by atoms with van der Waals surface area (Å²) in [6.45, 7) is 9.84. The molecule has 1 rings (SSSR count). The van der Waals surface area contributed by atoms with Gasteiger partial charge in [0.1, 0.15) is 5.60 Å². The van der Waals surface area contributed by atoms with Crippen LogP contribution in [0, 0.1) is 5.92 Å². The Kier molecular flexibility index (Phi) is 4.54. The number of carbonyl (C=O) groups is 2. The first-order chi connectivity index (χ1) is 8.26. The van der Waals surface area contributed by atoms with Crippen LogP contribution < -0.4 is 0 Å². The fraction of sp³-hybridized carbons (Fsp3) is 0.714. The van der Waals surface area contributed by atoms with Gasteiger partial charge in [-0.1, -0.05) is 6.08 Å². The van der Waals surface area contributed by atoms with Gasteiger partial charge in [0.05, 0.1) is 0 Å². The number of nitrogens with zero attached hydrogens (tertiary/aromatic N) is 1. The van der Waals surface area contributed by atoms with E-state index in [1.54, 1.807) is 17.1 Å². The van der Waals surface area contributed by atoms with Gasteiger partial charge >= 0.3 is 6.09 Å². The highest BCUT2D eigenvalue weighted by molar-refractivity contribution is 5.92. The normalized spacial score (nSPS) is 24.6. The largest absolute Gasteiger partial charge is 0.444 e. The quantitative estimate of drug-likeness (QED) is 0.711. The van der Waals surface area contributed by atoms with E-state index in [0.29, 0.717) is 13.0 Å². The molecule has 0 spiro atoms. The number of rotatable bonds is 2. The maximum Gasteiger partial charge on any atom is 0.410 e. The fourth-order valence-corrected chi connectivity index (χ4v) is 2.19. The Morgan fingerprint density at radius 2 is 1.94 bits per heavy atom. The lowest BCUT2D eigenvalue weighted by Crippen LogP contribution is -2.40. The molecular formula is C14H23NO3. The molecule has 4 heteroatoms. The summed E-state index contributed by atoms with van der Waals surface area (Å²) in [7, 11) is 0. The van der Waals surface area contributed by atoms with Crippen LogP contribution in [0.15, 0.2) is 12.2 Å². The number of allylic oxidation sites excluding steroid dienone is 2. The van der Waals surface area contributed by atoms with Gasteiger partial charge in [-0.2, -0.15) is 0 Å². The number of amides is 1. The predicted molar refractivity (Wildman–Crippen MR) is 70.3 cm³/mol. The highest BCUT2D eigenvalue weighted by Gasteiger charge is 2.38. The molecule has 1 aliphatic heterocycles. The maximum absolute atomic E-state index is 12.0. The van der Waals surface area contributed by atoms with Crippen LogP contribution in [0.2, 0.25) is 0 Å². The lowest BCUT2D eigenvalue weighted by Gasteiger charge is -2.28. The molecule has 1 saturated heterocycles. The number of ether oxygens (including phenoxy) is 1. The second-order valence-electron chi connectivity index (χ2n) is 5.71. The van der Waals surface area contributed by atoms with Gasteiger partial charge in [0.15, 0.2) is 5.78 Å². The molecule has 1 aliphatic rings. The third-order valence-electron chi connectivity index (χ3n) is 3.08. The molecule has 18 heavy (non-hydrogen) atoms. The minimum atomic E-state index is -0.498. The van der Waals surface area contributed by atoms with Gasteiger partial charge in [-0.05, 0) is 47.1 Å². The van der Waals surface area contributed by atoms with Gasteiger partial charge in [-0.15, -0.1) is 0 Å². The summed E-state index contributed by atoms with van der Waals surface area (Å²) in [5.41, 5.74) is -0.498. The van der Waals surface area contributed by atoms with Crippen molar-refractivity contribution < 1.29 is 14.3 Å². The molecule has 102 valence electrons. The zero-order valence-corrected chi connectivity index (χ0v) is 11.9. The van der Waals surface area contributed by atoms with Gasteiger partial charge in [-0.3, -0.25) is 4.79 Å². The van der Waals surface area contributed by atoms with Crippen molar-refractivity contribution in [3.63, 3.8) is 0 Å². The summed E-state index contributed by atoms with van der Waals surface area (Å²) < 4.78 is 5.34. The van der Waals surface area contributed by atoms with Crippen molar-refractivity contribution in [2.24, 2.45) is 5.92 Å². The van der Waals surface area contributed by atoms with Gasteiger partial charge in [-0.25, -0.2) is 4.79 Å². The van der Waals surface area contributed by atoms with E-state index >= 15 is 0 Å². The molecule has 0 aromatic rings. The number of carbonyl (C=O) groups excluding carboxylic acids is 2. The molecule has 2 atom stereocenters. The summed E-state index contributed by atoms with van der Waals surface area (Å²) in [4.78, 5) is 25.5. The van der Waals surface area contributed by atoms with Crippen molar-refractivity contribution in [2.45, 2.75) is 52.7 Å². The first kappa shape index (κ1) is 14.7. The molecule has 0 bridgehead atoms. The molecule has 1 fully saturated rings. The third-order valence-corrected chi connectivity index (χ3v) is 3.08. The molecule has 4 nitrogen and oxygen atoms in total. The first-order valence-electron chi connectivity index (χ1n) is 6.42. The number of hydrogen-bond donors (Lipinski definition) is 0. The Hall–Kier alpha value is -1.32. The van der Waals surface area contributed by atoms with E-state index in [2.05, 4.69) is 0 Å². The second-order valence-corrected chi connectivity index (χ2v) is 5.71. The minimum absolute atomic E-state index is 0.0936. The summed E-state index contributed by atoms with van der Waals surface area (Å²) in [5, 5.41) is 0. The Bertz CT molecular complexity index is 355. The van der Waals surface area contributed by atoms with E-state index < -0.39 is 5.60 Å². The SMILES string of the molecule is C/C=C/C(=O)C1CCN(C(=O)OC(C)(C)C)C1C. The Balaban J connectivity index is 2.67. The van der Waals surface area contributed by atoms with E-state index in [0.717, 1.165) is 0 Å². The van der Waals surface area contributed by atoms with Gasteiger partial charge < -0.3 is 9.64 Å². The molecule has 0 N–H and O–H groups in total. The van der Waals surface area contributed by atoms with Gasteiger partial charge in [0.2, 0.25) is 0 Å². The molecule has 0 aromatic carbocycles. The fourth-order valence-electron chi connectivity index (χ4n) is 2.19.